The van der Waals surface area contributed by atoms with Gasteiger partial charge in [0, 0.05) is 5.56 Å². The first kappa shape index (κ1) is 19.4. The van der Waals surface area contributed by atoms with Gasteiger partial charge in [0.1, 0.15) is 13.2 Å². The van der Waals surface area contributed by atoms with Crippen LogP contribution in [0.5, 0.6) is 0 Å². The normalized spacial score (nSPS) is 14.0. The van der Waals surface area contributed by atoms with E-state index in [1.54, 1.807) is 12.1 Å². The molecule has 1 aromatic carbocycles. The molecule has 140 valence electrons. The molecule has 1 N–H and O–H groups in total. The molecule has 1 aromatic rings. The number of carbonyl (C=O) groups is 4. The van der Waals surface area contributed by atoms with Crippen molar-refractivity contribution in [2.45, 2.75) is 26.2 Å². The molecule has 1 saturated heterocycles. The molecule has 0 spiro atoms. The molecule has 2 rings (SSSR count). The average molecular weight is 362 g/mol. The third-order valence-electron chi connectivity index (χ3n) is 3.82. The lowest BCUT2D eigenvalue weighted by molar-refractivity contribution is -0.149. The van der Waals surface area contributed by atoms with E-state index in [4.69, 9.17) is 4.74 Å². The van der Waals surface area contributed by atoms with Crippen LogP contribution in [0.25, 0.3) is 0 Å². The van der Waals surface area contributed by atoms with Gasteiger partial charge in [0.05, 0.1) is 6.54 Å². The Morgan fingerprint density at radius 2 is 1.85 bits per heavy atom. The molecule has 1 fully saturated rings. The van der Waals surface area contributed by atoms with Gasteiger partial charge in [-0.2, -0.15) is 0 Å². The van der Waals surface area contributed by atoms with Crippen molar-refractivity contribution in [2.75, 3.05) is 26.3 Å². The Kier molecular flexibility index (Phi) is 5.97. The number of benzene rings is 1. The number of carbonyl (C=O) groups excluding carboxylic acids is 4. The van der Waals surface area contributed by atoms with Crippen LogP contribution in [-0.4, -0.2) is 55.1 Å². The van der Waals surface area contributed by atoms with Crippen LogP contribution in [-0.2, 0) is 24.5 Å². The van der Waals surface area contributed by atoms with E-state index in [9.17, 15) is 19.2 Å². The van der Waals surface area contributed by atoms with Crippen LogP contribution in [0.2, 0.25) is 0 Å². The fourth-order valence-corrected chi connectivity index (χ4v) is 2.27. The number of hydrogen-bond donors (Lipinski definition) is 1. The molecule has 26 heavy (non-hydrogen) atoms. The van der Waals surface area contributed by atoms with Crippen LogP contribution < -0.4 is 5.32 Å². The van der Waals surface area contributed by atoms with Crippen LogP contribution in [0.4, 0.5) is 4.79 Å². The Morgan fingerprint density at radius 1 is 1.19 bits per heavy atom. The van der Waals surface area contributed by atoms with Crippen LogP contribution >= 0.6 is 0 Å². The molecule has 1 heterocycles. The van der Waals surface area contributed by atoms with Crippen LogP contribution in [0.3, 0.4) is 0 Å². The van der Waals surface area contributed by atoms with Gasteiger partial charge in [-0.25, -0.2) is 9.69 Å². The van der Waals surface area contributed by atoms with Gasteiger partial charge in [-0.1, -0.05) is 32.9 Å². The zero-order valence-electron chi connectivity index (χ0n) is 15.0. The summed E-state index contributed by atoms with van der Waals surface area (Å²) >= 11 is 0. The number of esters is 1. The summed E-state index contributed by atoms with van der Waals surface area (Å²) in [6.07, 6.45) is -0.752. The van der Waals surface area contributed by atoms with Crippen molar-refractivity contribution in [1.29, 1.82) is 0 Å². The Hall–Kier alpha value is -2.90. The van der Waals surface area contributed by atoms with Crippen molar-refractivity contribution in [3.8, 4) is 0 Å². The van der Waals surface area contributed by atoms with Gasteiger partial charge in [-0.15, -0.1) is 0 Å². The number of hydrogen-bond acceptors (Lipinski definition) is 6. The quantitative estimate of drug-likeness (QED) is 0.791. The monoisotopic (exact) mass is 362 g/mol. The highest BCUT2D eigenvalue weighted by atomic mass is 16.6. The van der Waals surface area contributed by atoms with Crippen LogP contribution in [0.15, 0.2) is 24.3 Å². The molecular formula is C18H22N2O6. The van der Waals surface area contributed by atoms with E-state index in [1.165, 1.54) is 0 Å². The van der Waals surface area contributed by atoms with Gasteiger partial charge >= 0.3 is 12.1 Å². The van der Waals surface area contributed by atoms with Crippen LogP contribution in [0, 0.1) is 0 Å². The van der Waals surface area contributed by atoms with Gasteiger partial charge < -0.3 is 14.8 Å². The number of cyclic esters (lactones) is 1. The van der Waals surface area contributed by atoms with E-state index in [-0.39, 0.29) is 25.1 Å². The van der Waals surface area contributed by atoms with Gasteiger partial charge in [0.15, 0.2) is 6.61 Å². The van der Waals surface area contributed by atoms with Gasteiger partial charge in [-0.05, 0) is 23.1 Å². The van der Waals surface area contributed by atoms with Crippen molar-refractivity contribution < 1.29 is 28.7 Å². The number of nitrogens with one attached hydrogen (secondary N) is 1. The lowest BCUT2D eigenvalue weighted by atomic mass is 9.87. The predicted octanol–water partition coefficient (Wildman–Crippen LogP) is 1.24. The minimum absolute atomic E-state index is 0.0207. The maximum Gasteiger partial charge on any atom is 0.416 e. The molecule has 0 unspecified atom stereocenters. The van der Waals surface area contributed by atoms with Crippen LogP contribution in [0.1, 0.15) is 36.7 Å². The summed E-state index contributed by atoms with van der Waals surface area (Å²) in [5.41, 5.74) is 1.49. The minimum atomic E-state index is -0.773. The van der Waals surface area contributed by atoms with Gasteiger partial charge in [-0.3, -0.25) is 14.4 Å². The largest absolute Gasteiger partial charge is 0.454 e. The second-order valence-electron chi connectivity index (χ2n) is 6.83. The molecule has 0 aromatic heterocycles. The molecule has 1 aliphatic heterocycles. The molecule has 0 saturated carbocycles. The zero-order valence-corrected chi connectivity index (χ0v) is 15.0. The maximum absolute atomic E-state index is 12.0. The first-order valence-corrected chi connectivity index (χ1v) is 8.20. The molecule has 1 aliphatic rings. The smallest absolute Gasteiger partial charge is 0.416 e. The summed E-state index contributed by atoms with van der Waals surface area (Å²) in [6, 6.07) is 7.09. The number of nitrogens with zero attached hydrogens (tertiary/aromatic N) is 1. The van der Waals surface area contributed by atoms with Crippen molar-refractivity contribution in [3.05, 3.63) is 35.4 Å². The highest BCUT2D eigenvalue weighted by Gasteiger charge is 2.28. The van der Waals surface area contributed by atoms with E-state index in [1.807, 2.05) is 12.1 Å². The molecule has 8 heteroatoms. The fraction of sp³-hybridized carbons (Fsp3) is 0.444. The first-order valence-electron chi connectivity index (χ1n) is 8.20. The molecule has 0 bridgehead atoms. The van der Waals surface area contributed by atoms with Gasteiger partial charge in [0.25, 0.3) is 11.8 Å². The highest BCUT2D eigenvalue weighted by molar-refractivity contribution is 5.96. The average Bonchev–Trinajstić information content (AvgIpc) is 3.03. The molecule has 0 atom stereocenters. The van der Waals surface area contributed by atoms with Crippen molar-refractivity contribution in [2.24, 2.45) is 0 Å². The molecule has 3 amide bonds. The summed E-state index contributed by atoms with van der Waals surface area (Å²) in [7, 11) is 0. The SMILES string of the molecule is CC(C)(C)c1ccc(C(=O)NCC(=O)OCC(=O)N2CCOC2=O)cc1. The second-order valence-corrected chi connectivity index (χ2v) is 6.83. The Bertz CT molecular complexity index is 705. The number of ether oxygens (including phenoxy) is 2. The maximum atomic E-state index is 12.0. The molecule has 8 nitrogen and oxygen atoms in total. The highest BCUT2D eigenvalue weighted by Crippen LogP contribution is 2.22. The number of amides is 3. The number of imide groups is 1. The lowest BCUT2D eigenvalue weighted by Crippen LogP contribution is -2.37. The van der Waals surface area contributed by atoms with E-state index in [0.717, 1.165) is 10.5 Å². The van der Waals surface area contributed by atoms with Gasteiger partial charge in [0.2, 0.25) is 0 Å². The Balaban J connectivity index is 1.77. The topological polar surface area (TPSA) is 102 Å². The molecule has 0 radical (unpaired) electrons. The third-order valence-corrected chi connectivity index (χ3v) is 3.82. The van der Waals surface area contributed by atoms with E-state index in [0.29, 0.717) is 5.56 Å². The lowest BCUT2D eigenvalue weighted by Gasteiger charge is -2.19. The number of rotatable bonds is 5. The summed E-state index contributed by atoms with van der Waals surface area (Å²) in [5, 5.41) is 2.43. The molecular weight excluding hydrogens is 340 g/mol. The Morgan fingerprint density at radius 3 is 2.38 bits per heavy atom. The van der Waals surface area contributed by atoms with Crippen molar-refractivity contribution in [3.63, 3.8) is 0 Å². The molecule has 0 aliphatic carbocycles. The summed E-state index contributed by atoms with van der Waals surface area (Å²) in [5.74, 6) is -1.85. The first-order chi connectivity index (χ1) is 12.2. The zero-order chi connectivity index (χ0) is 19.3. The second kappa shape index (κ2) is 7.99. The van der Waals surface area contributed by atoms with Crippen molar-refractivity contribution in [1.82, 2.24) is 10.2 Å². The summed E-state index contributed by atoms with van der Waals surface area (Å²) in [4.78, 5) is 47.4. The standard InChI is InChI=1S/C18H22N2O6/c1-18(2,3)13-6-4-12(5-7-13)16(23)19-10-15(22)26-11-14(21)20-8-9-25-17(20)24/h4-7H,8-11H2,1-3H3,(H,19,23). The van der Waals surface area contributed by atoms with E-state index >= 15 is 0 Å². The third kappa shape index (κ3) is 5.05. The fourth-order valence-electron chi connectivity index (χ4n) is 2.27. The predicted molar refractivity (Wildman–Crippen MR) is 91.5 cm³/mol. The summed E-state index contributed by atoms with van der Waals surface area (Å²) < 4.78 is 9.38. The van der Waals surface area contributed by atoms with E-state index < -0.39 is 30.5 Å². The van der Waals surface area contributed by atoms with Crippen molar-refractivity contribution >= 4 is 23.9 Å². The summed E-state index contributed by atoms with van der Waals surface area (Å²) in [6.45, 7) is 5.52. The minimum Gasteiger partial charge on any atom is -0.454 e. The van der Waals surface area contributed by atoms with E-state index in [2.05, 4.69) is 30.8 Å². The Labute approximate surface area is 151 Å².